The Morgan fingerprint density at radius 3 is 2.75 bits per heavy atom. The molecule has 0 aromatic carbocycles. The number of nitrogens with one attached hydrogen (secondary N) is 1. The molecule has 1 aromatic rings. The number of anilines is 2. The van der Waals surface area contributed by atoms with Crippen LogP contribution in [0.4, 0.5) is 11.6 Å². The van der Waals surface area contributed by atoms with E-state index in [1.807, 2.05) is 24.9 Å². The molecule has 16 heavy (non-hydrogen) atoms. The Bertz CT molecular complexity index is 328. The number of hydrogen-bond acceptors (Lipinski definition) is 5. The van der Waals surface area contributed by atoms with E-state index in [2.05, 4.69) is 27.1 Å². The van der Waals surface area contributed by atoms with Gasteiger partial charge in [0, 0.05) is 44.1 Å². The van der Waals surface area contributed by atoms with Crippen molar-refractivity contribution in [3.8, 4) is 0 Å². The van der Waals surface area contributed by atoms with Crippen LogP contribution in [0.2, 0.25) is 0 Å². The molecule has 0 radical (unpaired) electrons. The van der Waals surface area contributed by atoms with Crippen LogP contribution in [0.1, 0.15) is 12.7 Å². The second-order valence-corrected chi connectivity index (χ2v) is 4.96. The van der Waals surface area contributed by atoms with Gasteiger partial charge in [-0.25, -0.2) is 9.97 Å². The highest BCUT2D eigenvalue weighted by Gasteiger charge is 2.14. The van der Waals surface area contributed by atoms with Gasteiger partial charge in [0.2, 0.25) is 0 Å². The van der Waals surface area contributed by atoms with Crippen LogP contribution in [0.25, 0.3) is 0 Å². The van der Waals surface area contributed by atoms with Crippen LogP contribution in [0.3, 0.4) is 0 Å². The molecular weight excluding hydrogens is 220 g/mol. The fourth-order valence-corrected chi connectivity index (χ4v) is 2.63. The number of thioether (sulfide) groups is 1. The second-order valence-electron chi connectivity index (χ2n) is 3.73. The van der Waals surface area contributed by atoms with Gasteiger partial charge in [-0.1, -0.05) is 6.92 Å². The molecule has 1 aliphatic rings. The van der Waals surface area contributed by atoms with Crippen molar-refractivity contribution in [2.75, 3.05) is 41.9 Å². The normalized spacial score (nSPS) is 16.2. The minimum atomic E-state index is 0.880. The van der Waals surface area contributed by atoms with Crippen LogP contribution in [0.5, 0.6) is 0 Å². The van der Waals surface area contributed by atoms with E-state index in [4.69, 9.17) is 0 Å². The number of nitrogens with zero attached hydrogens (tertiary/aromatic N) is 3. The van der Waals surface area contributed by atoms with Crippen molar-refractivity contribution in [3.63, 3.8) is 0 Å². The minimum Gasteiger partial charge on any atom is -0.373 e. The zero-order valence-corrected chi connectivity index (χ0v) is 10.7. The summed E-state index contributed by atoms with van der Waals surface area (Å²) in [5.41, 5.74) is 0. The van der Waals surface area contributed by atoms with Gasteiger partial charge in [0.1, 0.15) is 17.5 Å². The maximum absolute atomic E-state index is 4.59. The Balaban J connectivity index is 2.24. The molecule has 1 N–H and O–H groups in total. The van der Waals surface area contributed by atoms with E-state index in [1.54, 1.807) is 0 Å². The molecule has 0 atom stereocenters. The minimum absolute atomic E-state index is 0.880. The Hall–Kier alpha value is -0.970. The quantitative estimate of drug-likeness (QED) is 0.867. The summed E-state index contributed by atoms with van der Waals surface area (Å²) in [5, 5.41) is 3.10. The lowest BCUT2D eigenvalue weighted by atomic mass is 10.4. The molecule has 0 bridgehead atoms. The number of aromatic nitrogens is 2. The largest absolute Gasteiger partial charge is 0.373 e. The van der Waals surface area contributed by atoms with Gasteiger partial charge in [0.25, 0.3) is 0 Å². The van der Waals surface area contributed by atoms with Crippen molar-refractivity contribution in [3.05, 3.63) is 11.9 Å². The highest BCUT2D eigenvalue weighted by atomic mass is 32.2. The highest BCUT2D eigenvalue weighted by molar-refractivity contribution is 7.99. The molecule has 0 amide bonds. The van der Waals surface area contributed by atoms with Crippen LogP contribution in [0, 0.1) is 0 Å². The summed E-state index contributed by atoms with van der Waals surface area (Å²) < 4.78 is 0. The van der Waals surface area contributed by atoms with Gasteiger partial charge in [-0.3, -0.25) is 0 Å². The molecular formula is C11H18N4S. The average molecular weight is 238 g/mol. The maximum atomic E-state index is 4.59. The zero-order chi connectivity index (χ0) is 11.4. The molecule has 1 aromatic heterocycles. The Kier molecular flexibility index (Phi) is 3.88. The molecule has 5 heteroatoms. The summed E-state index contributed by atoms with van der Waals surface area (Å²) in [6, 6.07) is 2.04. The Morgan fingerprint density at radius 2 is 2.12 bits per heavy atom. The highest BCUT2D eigenvalue weighted by Crippen LogP contribution is 2.19. The van der Waals surface area contributed by atoms with E-state index in [-0.39, 0.29) is 0 Å². The molecule has 1 aliphatic heterocycles. The predicted molar refractivity (Wildman–Crippen MR) is 70.5 cm³/mol. The molecule has 2 heterocycles. The van der Waals surface area contributed by atoms with Crippen molar-refractivity contribution < 1.29 is 0 Å². The fraction of sp³-hybridized carbons (Fsp3) is 0.636. The van der Waals surface area contributed by atoms with Gasteiger partial charge in [0.05, 0.1) is 0 Å². The fourth-order valence-electron chi connectivity index (χ4n) is 1.72. The van der Waals surface area contributed by atoms with E-state index < -0.39 is 0 Å². The van der Waals surface area contributed by atoms with E-state index in [1.165, 1.54) is 11.5 Å². The third-order valence-electron chi connectivity index (χ3n) is 2.67. The monoisotopic (exact) mass is 238 g/mol. The molecule has 2 rings (SSSR count). The summed E-state index contributed by atoms with van der Waals surface area (Å²) in [4.78, 5) is 11.3. The topological polar surface area (TPSA) is 41.1 Å². The lowest BCUT2D eigenvalue weighted by Gasteiger charge is -2.27. The lowest BCUT2D eigenvalue weighted by molar-refractivity contribution is 0.819. The number of aryl methyl sites for hydroxylation is 1. The van der Waals surface area contributed by atoms with E-state index in [0.29, 0.717) is 0 Å². The first-order chi connectivity index (χ1) is 7.83. The molecule has 0 unspecified atom stereocenters. The SMILES string of the molecule is CCc1nc(NC)cc(N2CCSCC2)n1. The Labute approximate surface area is 101 Å². The third-order valence-corrected chi connectivity index (χ3v) is 3.61. The van der Waals surface area contributed by atoms with Crippen molar-refractivity contribution in [1.29, 1.82) is 0 Å². The smallest absolute Gasteiger partial charge is 0.134 e. The molecule has 0 saturated carbocycles. The standard InChI is InChI=1S/C11H18N4S/c1-3-9-13-10(12-2)8-11(14-9)15-4-6-16-7-5-15/h8H,3-7H2,1-2H3,(H,12,13,14). The van der Waals surface area contributed by atoms with Crippen LogP contribution >= 0.6 is 11.8 Å². The molecule has 1 saturated heterocycles. The van der Waals surface area contributed by atoms with Gasteiger partial charge in [0.15, 0.2) is 0 Å². The lowest BCUT2D eigenvalue weighted by Crippen LogP contribution is -2.33. The summed E-state index contributed by atoms with van der Waals surface area (Å²) in [5.74, 6) is 5.29. The van der Waals surface area contributed by atoms with E-state index >= 15 is 0 Å². The van der Waals surface area contributed by atoms with E-state index in [0.717, 1.165) is 37.0 Å². The summed E-state index contributed by atoms with van der Waals surface area (Å²) in [6.07, 6.45) is 0.880. The summed E-state index contributed by atoms with van der Waals surface area (Å²) in [7, 11) is 1.90. The van der Waals surface area contributed by atoms with Crippen LogP contribution < -0.4 is 10.2 Å². The first kappa shape index (κ1) is 11.5. The number of rotatable bonds is 3. The van der Waals surface area contributed by atoms with Crippen molar-refractivity contribution in [2.45, 2.75) is 13.3 Å². The summed E-state index contributed by atoms with van der Waals surface area (Å²) in [6.45, 7) is 4.27. The van der Waals surface area contributed by atoms with E-state index in [9.17, 15) is 0 Å². The zero-order valence-electron chi connectivity index (χ0n) is 9.86. The Morgan fingerprint density at radius 1 is 1.38 bits per heavy atom. The third kappa shape index (κ3) is 2.58. The van der Waals surface area contributed by atoms with Gasteiger partial charge in [-0.2, -0.15) is 11.8 Å². The first-order valence-electron chi connectivity index (χ1n) is 5.72. The van der Waals surface area contributed by atoms with Crippen molar-refractivity contribution in [1.82, 2.24) is 9.97 Å². The first-order valence-corrected chi connectivity index (χ1v) is 6.87. The number of hydrogen-bond donors (Lipinski definition) is 1. The molecule has 4 nitrogen and oxygen atoms in total. The van der Waals surface area contributed by atoms with Crippen LogP contribution in [0.15, 0.2) is 6.07 Å². The van der Waals surface area contributed by atoms with Crippen LogP contribution in [-0.4, -0.2) is 41.6 Å². The molecule has 1 fully saturated rings. The maximum Gasteiger partial charge on any atom is 0.134 e. The molecule has 0 aliphatic carbocycles. The second kappa shape index (κ2) is 5.39. The molecule has 88 valence electrons. The van der Waals surface area contributed by atoms with Gasteiger partial charge in [-0.05, 0) is 0 Å². The van der Waals surface area contributed by atoms with Gasteiger partial charge in [-0.15, -0.1) is 0 Å². The van der Waals surface area contributed by atoms with Gasteiger partial charge < -0.3 is 10.2 Å². The van der Waals surface area contributed by atoms with Crippen LogP contribution in [-0.2, 0) is 6.42 Å². The predicted octanol–water partition coefficient (Wildman–Crippen LogP) is 1.63. The average Bonchev–Trinajstić information content (AvgIpc) is 2.39. The van der Waals surface area contributed by atoms with Gasteiger partial charge >= 0.3 is 0 Å². The molecule has 0 spiro atoms. The summed E-state index contributed by atoms with van der Waals surface area (Å²) >= 11 is 2.01. The van der Waals surface area contributed by atoms with Crippen molar-refractivity contribution >= 4 is 23.4 Å². The van der Waals surface area contributed by atoms with Crippen molar-refractivity contribution in [2.24, 2.45) is 0 Å².